The zero-order valence-corrected chi connectivity index (χ0v) is 19.2. The molecule has 3 rings (SSSR count). The summed E-state index contributed by atoms with van der Waals surface area (Å²) in [5, 5.41) is 9.93. The number of carbonyl (C=O) groups excluding carboxylic acids is 1. The second kappa shape index (κ2) is 10.6. The van der Waals surface area contributed by atoms with Crippen LogP contribution in [0.2, 0.25) is 5.02 Å². The van der Waals surface area contributed by atoms with E-state index in [1.54, 1.807) is 0 Å². The van der Waals surface area contributed by atoms with Crippen molar-refractivity contribution in [2.45, 2.75) is 46.5 Å². The maximum absolute atomic E-state index is 12.6. The quantitative estimate of drug-likeness (QED) is 0.358. The Morgan fingerprint density at radius 1 is 1.20 bits per heavy atom. The van der Waals surface area contributed by atoms with Crippen molar-refractivity contribution in [2.24, 2.45) is 5.92 Å². The van der Waals surface area contributed by atoms with E-state index in [2.05, 4.69) is 24.5 Å². The Morgan fingerprint density at radius 3 is 2.80 bits per heavy atom. The van der Waals surface area contributed by atoms with Crippen molar-refractivity contribution in [1.82, 2.24) is 4.98 Å². The number of anilines is 3. The summed E-state index contributed by atoms with van der Waals surface area (Å²) in [6.07, 6.45) is 3.97. The van der Waals surface area contributed by atoms with Crippen molar-refractivity contribution >= 4 is 45.4 Å². The second-order valence-corrected chi connectivity index (χ2v) is 8.73. The van der Waals surface area contributed by atoms with Gasteiger partial charge in [-0.3, -0.25) is 4.79 Å². The number of benzene rings is 2. The van der Waals surface area contributed by atoms with Gasteiger partial charge in [-0.05, 0) is 49.6 Å². The summed E-state index contributed by atoms with van der Waals surface area (Å²) in [5.74, 6) is 0.157. The number of hydrogen-bond acceptors (Lipinski definition) is 4. The first-order valence-electron chi connectivity index (χ1n) is 10.4. The van der Waals surface area contributed by atoms with Crippen LogP contribution < -0.4 is 10.6 Å². The smallest absolute Gasteiger partial charge is 0.227 e. The molecule has 4 nitrogen and oxygen atoms in total. The van der Waals surface area contributed by atoms with Gasteiger partial charge in [0.25, 0.3) is 0 Å². The van der Waals surface area contributed by atoms with Gasteiger partial charge in [-0.15, -0.1) is 11.3 Å². The van der Waals surface area contributed by atoms with Gasteiger partial charge >= 0.3 is 0 Å². The molecule has 0 saturated heterocycles. The first-order valence-corrected chi connectivity index (χ1v) is 11.7. The van der Waals surface area contributed by atoms with Gasteiger partial charge in [0.15, 0.2) is 5.13 Å². The van der Waals surface area contributed by atoms with E-state index in [0.29, 0.717) is 5.02 Å². The number of carbonyl (C=O) groups is 1. The molecule has 0 bridgehead atoms. The summed E-state index contributed by atoms with van der Waals surface area (Å²) in [6, 6.07) is 13.6. The predicted molar refractivity (Wildman–Crippen MR) is 129 cm³/mol. The Labute approximate surface area is 187 Å². The molecule has 1 atom stereocenters. The average Bonchev–Trinajstić information content (AvgIpc) is 3.20. The zero-order valence-electron chi connectivity index (χ0n) is 17.7. The Balaban J connectivity index is 1.72. The van der Waals surface area contributed by atoms with E-state index in [1.165, 1.54) is 11.3 Å². The first-order chi connectivity index (χ1) is 14.5. The molecule has 158 valence electrons. The van der Waals surface area contributed by atoms with Gasteiger partial charge in [0.2, 0.25) is 5.91 Å². The van der Waals surface area contributed by atoms with Gasteiger partial charge in [0.1, 0.15) is 0 Å². The van der Waals surface area contributed by atoms with Crippen molar-refractivity contribution in [3.63, 3.8) is 0 Å². The van der Waals surface area contributed by atoms with Crippen LogP contribution in [-0.4, -0.2) is 10.9 Å². The fraction of sp³-hybridized carbons (Fsp3) is 0.333. The summed E-state index contributed by atoms with van der Waals surface area (Å²) < 4.78 is 0. The zero-order chi connectivity index (χ0) is 21.5. The summed E-state index contributed by atoms with van der Waals surface area (Å²) in [4.78, 5) is 17.3. The van der Waals surface area contributed by atoms with Crippen LogP contribution in [0.5, 0.6) is 0 Å². The Morgan fingerprint density at radius 2 is 2.03 bits per heavy atom. The molecule has 2 N–H and O–H groups in total. The van der Waals surface area contributed by atoms with Crippen molar-refractivity contribution in [2.75, 3.05) is 10.6 Å². The molecule has 30 heavy (non-hydrogen) atoms. The molecule has 1 unspecified atom stereocenters. The highest BCUT2D eigenvalue weighted by Gasteiger charge is 2.16. The van der Waals surface area contributed by atoms with Crippen molar-refractivity contribution in [3.05, 3.63) is 58.4 Å². The maximum Gasteiger partial charge on any atom is 0.227 e. The molecule has 0 spiro atoms. The number of thiazole rings is 1. The highest BCUT2D eigenvalue weighted by molar-refractivity contribution is 7.14. The SMILES string of the molecule is CCCCC(CC)C(=O)Nc1cccc(-c2csc(Nc3cc(Cl)ccc3C)n2)c1. The topological polar surface area (TPSA) is 54.0 Å². The fourth-order valence-corrected chi connectivity index (χ4v) is 4.18. The summed E-state index contributed by atoms with van der Waals surface area (Å²) in [5.41, 5.74) is 4.70. The van der Waals surface area contributed by atoms with Gasteiger partial charge in [-0.2, -0.15) is 0 Å². The molecule has 0 radical (unpaired) electrons. The number of aryl methyl sites for hydroxylation is 1. The van der Waals surface area contributed by atoms with Crippen LogP contribution in [0.4, 0.5) is 16.5 Å². The third-order valence-electron chi connectivity index (χ3n) is 5.14. The molecule has 1 aromatic heterocycles. The molecule has 1 amide bonds. The monoisotopic (exact) mass is 441 g/mol. The Bertz CT molecular complexity index is 1000. The number of amides is 1. The van der Waals surface area contributed by atoms with Crippen LogP contribution in [0.25, 0.3) is 11.3 Å². The largest absolute Gasteiger partial charge is 0.331 e. The lowest BCUT2D eigenvalue weighted by Crippen LogP contribution is -2.22. The summed E-state index contributed by atoms with van der Waals surface area (Å²) >= 11 is 7.65. The molecule has 6 heteroatoms. The van der Waals surface area contributed by atoms with E-state index in [4.69, 9.17) is 16.6 Å². The van der Waals surface area contributed by atoms with Crippen molar-refractivity contribution in [1.29, 1.82) is 0 Å². The van der Waals surface area contributed by atoms with Gasteiger partial charge in [0, 0.05) is 33.3 Å². The molecule has 0 aliphatic heterocycles. The average molecular weight is 442 g/mol. The first kappa shape index (κ1) is 22.3. The Hall–Kier alpha value is -2.37. The third-order valence-corrected chi connectivity index (χ3v) is 6.13. The second-order valence-electron chi connectivity index (χ2n) is 7.44. The third kappa shape index (κ3) is 5.83. The molecule has 0 saturated carbocycles. The van der Waals surface area contributed by atoms with Gasteiger partial charge in [-0.1, -0.05) is 56.5 Å². The standard InChI is InChI=1S/C24H28ClN3OS/c1-4-6-8-17(5-2)23(29)26-20-10-7-9-18(13-20)22-15-30-24(28-22)27-21-14-19(25)12-11-16(21)3/h7,9-15,17H,4-6,8H2,1-3H3,(H,26,29)(H,27,28). The van der Waals surface area contributed by atoms with E-state index >= 15 is 0 Å². The highest BCUT2D eigenvalue weighted by atomic mass is 35.5. The molecule has 1 heterocycles. The van der Waals surface area contributed by atoms with Crippen molar-refractivity contribution < 1.29 is 4.79 Å². The number of nitrogens with one attached hydrogen (secondary N) is 2. The number of halogens is 1. The van der Waals surface area contributed by atoms with E-state index in [0.717, 1.165) is 59.0 Å². The van der Waals surface area contributed by atoms with E-state index in [1.807, 2.05) is 54.8 Å². The van der Waals surface area contributed by atoms with Gasteiger partial charge in [-0.25, -0.2) is 4.98 Å². The van der Waals surface area contributed by atoms with Crippen LogP contribution in [0, 0.1) is 12.8 Å². The van der Waals surface area contributed by atoms with Crippen LogP contribution in [-0.2, 0) is 4.79 Å². The molecule has 0 fully saturated rings. The van der Waals surface area contributed by atoms with Gasteiger partial charge < -0.3 is 10.6 Å². The maximum atomic E-state index is 12.6. The molecular weight excluding hydrogens is 414 g/mol. The van der Waals surface area contributed by atoms with E-state index in [9.17, 15) is 4.79 Å². The number of aromatic nitrogens is 1. The fourth-order valence-electron chi connectivity index (χ4n) is 3.28. The minimum Gasteiger partial charge on any atom is -0.331 e. The molecule has 0 aliphatic carbocycles. The lowest BCUT2D eigenvalue weighted by atomic mass is 9.98. The van der Waals surface area contributed by atoms with Crippen LogP contribution >= 0.6 is 22.9 Å². The normalized spacial score (nSPS) is 11.9. The van der Waals surface area contributed by atoms with E-state index in [-0.39, 0.29) is 11.8 Å². The molecular formula is C24H28ClN3OS. The summed E-state index contributed by atoms with van der Waals surface area (Å²) in [6.45, 7) is 6.25. The highest BCUT2D eigenvalue weighted by Crippen LogP contribution is 2.30. The lowest BCUT2D eigenvalue weighted by Gasteiger charge is -2.15. The molecule has 0 aliphatic rings. The van der Waals surface area contributed by atoms with Crippen molar-refractivity contribution in [3.8, 4) is 11.3 Å². The minimum atomic E-state index is 0.0598. The number of rotatable bonds is 9. The lowest BCUT2D eigenvalue weighted by molar-refractivity contribution is -0.120. The van der Waals surface area contributed by atoms with Gasteiger partial charge in [0.05, 0.1) is 5.69 Å². The summed E-state index contributed by atoms with van der Waals surface area (Å²) in [7, 11) is 0. The Kier molecular flexibility index (Phi) is 7.88. The van der Waals surface area contributed by atoms with E-state index < -0.39 is 0 Å². The van der Waals surface area contributed by atoms with Crippen LogP contribution in [0.1, 0.15) is 45.1 Å². The minimum absolute atomic E-state index is 0.0598. The van der Waals surface area contributed by atoms with Crippen LogP contribution in [0.15, 0.2) is 47.8 Å². The number of unbranched alkanes of at least 4 members (excludes halogenated alkanes) is 1. The number of hydrogen-bond donors (Lipinski definition) is 2. The van der Waals surface area contributed by atoms with Crippen LogP contribution in [0.3, 0.4) is 0 Å². The molecule has 3 aromatic rings. The molecule has 2 aromatic carbocycles. The predicted octanol–water partition coefficient (Wildman–Crippen LogP) is 7.67. The number of nitrogens with zero attached hydrogens (tertiary/aromatic N) is 1.